The lowest BCUT2D eigenvalue weighted by atomic mass is 9.87. The number of hydrogen-bond donors (Lipinski definition) is 1. The van der Waals surface area contributed by atoms with Crippen molar-refractivity contribution in [1.82, 2.24) is 5.32 Å². The molecule has 21 heavy (non-hydrogen) atoms. The Balaban J connectivity index is 2.09. The van der Waals surface area contributed by atoms with Crippen molar-refractivity contribution in [1.29, 1.82) is 0 Å². The van der Waals surface area contributed by atoms with Crippen molar-refractivity contribution in [3.05, 3.63) is 34.6 Å². The summed E-state index contributed by atoms with van der Waals surface area (Å²) in [5.41, 5.74) is 0.939. The third-order valence-corrected chi connectivity index (χ3v) is 5.02. The van der Waals surface area contributed by atoms with Gasteiger partial charge in [0.1, 0.15) is 5.82 Å². The molecule has 0 heterocycles. The Labute approximate surface area is 133 Å². The molecule has 1 aliphatic carbocycles. The largest absolute Gasteiger partial charge is 0.313 e. The van der Waals surface area contributed by atoms with Crippen LogP contribution in [0, 0.1) is 11.7 Å². The summed E-state index contributed by atoms with van der Waals surface area (Å²) < 4.78 is 13.6. The molecule has 1 atom stereocenters. The van der Waals surface area contributed by atoms with Crippen molar-refractivity contribution >= 4 is 11.6 Å². The summed E-state index contributed by atoms with van der Waals surface area (Å²) in [6.07, 6.45) is 9.90. The molecule has 0 bridgehead atoms. The van der Waals surface area contributed by atoms with Gasteiger partial charge in [-0.05, 0) is 49.8 Å². The van der Waals surface area contributed by atoms with Gasteiger partial charge < -0.3 is 5.32 Å². The smallest absolute Gasteiger partial charge is 0.142 e. The van der Waals surface area contributed by atoms with Crippen LogP contribution in [0.3, 0.4) is 0 Å². The predicted octanol–water partition coefficient (Wildman–Crippen LogP) is 5.36. The van der Waals surface area contributed by atoms with Crippen LogP contribution in [0.4, 0.5) is 4.39 Å². The summed E-state index contributed by atoms with van der Waals surface area (Å²) in [5, 5.41) is 3.98. The first-order valence-electron chi connectivity index (χ1n) is 8.38. The molecule has 0 radical (unpaired) electrons. The quantitative estimate of drug-likeness (QED) is 0.697. The van der Waals surface area contributed by atoms with Gasteiger partial charge in [-0.1, -0.05) is 56.3 Å². The molecule has 0 aromatic heterocycles. The average molecular weight is 312 g/mol. The Kier molecular flexibility index (Phi) is 6.98. The van der Waals surface area contributed by atoms with Gasteiger partial charge in [0.05, 0.1) is 5.02 Å². The molecule has 0 amide bonds. The zero-order chi connectivity index (χ0) is 15.1. The second-order valence-corrected chi connectivity index (χ2v) is 6.61. The molecule has 0 spiro atoms. The first-order chi connectivity index (χ1) is 10.2. The highest BCUT2D eigenvalue weighted by atomic mass is 35.5. The van der Waals surface area contributed by atoms with Gasteiger partial charge >= 0.3 is 0 Å². The zero-order valence-corrected chi connectivity index (χ0v) is 13.8. The number of halogens is 2. The van der Waals surface area contributed by atoms with Gasteiger partial charge in [0.15, 0.2) is 0 Å². The predicted molar refractivity (Wildman–Crippen MR) is 88.4 cm³/mol. The molecule has 0 aliphatic heterocycles. The third kappa shape index (κ3) is 4.96. The van der Waals surface area contributed by atoms with Crippen LogP contribution in [0.2, 0.25) is 5.02 Å². The Morgan fingerprint density at radius 1 is 1.24 bits per heavy atom. The minimum atomic E-state index is -0.302. The van der Waals surface area contributed by atoms with Crippen LogP contribution in [0.25, 0.3) is 0 Å². The lowest BCUT2D eigenvalue weighted by Gasteiger charge is -2.28. The minimum absolute atomic E-state index is 0.300. The minimum Gasteiger partial charge on any atom is -0.313 e. The van der Waals surface area contributed by atoms with E-state index < -0.39 is 0 Å². The van der Waals surface area contributed by atoms with Crippen LogP contribution in [-0.4, -0.2) is 12.6 Å². The van der Waals surface area contributed by atoms with Gasteiger partial charge in [0.2, 0.25) is 0 Å². The molecule has 1 aromatic rings. The Hall–Kier alpha value is -0.600. The van der Waals surface area contributed by atoms with Crippen molar-refractivity contribution in [2.45, 2.75) is 64.3 Å². The van der Waals surface area contributed by atoms with E-state index in [4.69, 9.17) is 11.6 Å². The summed E-state index contributed by atoms with van der Waals surface area (Å²) in [7, 11) is 0. The summed E-state index contributed by atoms with van der Waals surface area (Å²) in [4.78, 5) is 0. The fourth-order valence-electron chi connectivity index (χ4n) is 3.39. The van der Waals surface area contributed by atoms with E-state index in [-0.39, 0.29) is 5.82 Å². The highest BCUT2D eigenvalue weighted by Crippen LogP contribution is 2.29. The molecule has 1 nitrogen and oxygen atoms in total. The summed E-state index contributed by atoms with van der Waals surface area (Å²) in [6.45, 7) is 3.21. The van der Waals surface area contributed by atoms with E-state index in [9.17, 15) is 4.39 Å². The van der Waals surface area contributed by atoms with Crippen LogP contribution in [0.5, 0.6) is 0 Å². The first-order valence-corrected chi connectivity index (χ1v) is 8.76. The van der Waals surface area contributed by atoms with Gasteiger partial charge in [-0.2, -0.15) is 0 Å². The molecular weight excluding hydrogens is 285 g/mol. The summed E-state index contributed by atoms with van der Waals surface area (Å²) >= 11 is 6.14. The van der Waals surface area contributed by atoms with Crippen LogP contribution in [-0.2, 0) is 6.42 Å². The van der Waals surface area contributed by atoms with E-state index in [1.54, 1.807) is 6.07 Å². The molecule has 0 saturated heterocycles. The van der Waals surface area contributed by atoms with Crippen LogP contribution >= 0.6 is 11.6 Å². The maximum Gasteiger partial charge on any atom is 0.142 e. The summed E-state index contributed by atoms with van der Waals surface area (Å²) in [5.74, 6) is 0.391. The molecule has 1 unspecified atom stereocenters. The van der Waals surface area contributed by atoms with E-state index in [2.05, 4.69) is 12.2 Å². The molecule has 2 rings (SSSR count). The van der Waals surface area contributed by atoms with Gasteiger partial charge in [-0.3, -0.25) is 0 Å². The van der Waals surface area contributed by atoms with Crippen LogP contribution < -0.4 is 5.32 Å². The van der Waals surface area contributed by atoms with Gasteiger partial charge in [-0.15, -0.1) is 0 Å². The van der Waals surface area contributed by atoms with E-state index in [1.807, 2.05) is 6.07 Å². The topological polar surface area (TPSA) is 12.0 Å². The third-order valence-electron chi connectivity index (χ3n) is 4.60. The van der Waals surface area contributed by atoms with E-state index in [1.165, 1.54) is 44.6 Å². The second-order valence-electron chi connectivity index (χ2n) is 6.23. The molecule has 1 saturated carbocycles. The SMILES string of the molecule is CCCNC(Cc1cccc(F)c1Cl)C1CCCCCC1. The molecule has 1 fully saturated rings. The van der Waals surface area contributed by atoms with E-state index in [0.29, 0.717) is 17.0 Å². The Morgan fingerprint density at radius 3 is 2.62 bits per heavy atom. The fourth-order valence-corrected chi connectivity index (χ4v) is 3.59. The molecule has 1 aliphatic rings. The molecular formula is C18H27ClFN. The molecule has 1 N–H and O–H groups in total. The lowest BCUT2D eigenvalue weighted by Crippen LogP contribution is -2.38. The van der Waals surface area contributed by atoms with E-state index in [0.717, 1.165) is 24.9 Å². The highest BCUT2D eigenvalue weighted by Gasteiger charge is 2.23. The van der Waals surface area contributed by atoms with Crippen molar-refractivity contribution in [3.8, 4) is 0 Å². The molecule has 118 valence electrons. The Bertz CT molecular complexity index is 427. The number of benzene rings is 1. The summed E-state index contributed by atoms with van der Waals surface area (Å²) in [6, 6.07) is 5.58. The molecule has 3 heteroatoms. The maximum absolute atomic E-state index is 13.6. The lowest BCUT2D eigenvalue weighted by molar-refractivity contribution is 0.317. The first kappa shape index (κ1) is 16.8. The average Bonchev–Trinajstić information content (AvgIpc) is 2.77. The van der Waals surface area contributed by atoms with Gasteiger partial charge in [0.25, 0.3) is 0 Å². The number of hydrogen-bond acceptors (Lipinski definition) is 1. The number of rotatable bonds is 6. The maximum atomic E-state index is 13.6. The van der Waals surface area contributed by atoms with Crippen molar-refractivity contribution < 1.29 is 4.39 Å². The van der Waals surface area contributed by atoms with Crippen LogP contribution in [0.15, 0.2) is 18.2 Å². The van der Waals surface area contributed by atoms with Crippen molar-refractivity contribution in [3.63, 3.8) is 0 Å². The zero-order valence-electron chi connectivity index (χ0n) is 13.0. The van der Waals surface area contributed by atoms with Gasteiger partial charge in [-0.25, -0.2) is 4.39 Å². The highest BCUT2D eigenvalue weighted by molar-refractivity contribution is 6.31. The van der Waals surface area contributed by atoms with E-state index >= 15 is 0 Å². The monoisotopic (exact) mass is 311 g/mol. The Morgan fingerprint density at radius 2 is 1.95 bits per heavy atom. The normalized spacial score (nSPS) is 18.4. The molecule has 1 aromatic carbocycles. The van der Waals surface area contributed by atoms with Crippen LogP contribution in [0.1, 0.15) is 57.4 Å². The van der Waals surface area contributed by atoms with Gasteiger partial charge in [0, 0.05) is 6.04 Å². The standard InChI is InChI=1S/C18H27ClFN/c1-2-12-21-17(14-8-5-3-4-6-9-14)13-15-10-7-11-16(20)18(15)19/h7,10-11,14,17,21H,2-6,8-9,12-13H2,1H3. The van der Waals surface area contributed by atoms with Crippen molar-refractivity contribution in [2.24, 2.45) is 5.92 Å². The number of nitrogens with one attached hydrogen (secondary N) is 1. The van der Waals surface area contributed by atoms with Crippen molar-refractivity contribution in [2.75, 3.05) is 6.54 Å². The second kappa shape index (κ2) is 8.75. The fraction of sp³-hybridized carbons (Fsp3) is 0.667.